The molecule has 182 valence electrons. The number of ether oxygens (including phenoxy) is 1. The molecule has 0 aliphatic carbocycles. The van der Waals surface area contributed by atoms with Crippen LogP contribution in [0.25, 0.3) is 0 Å². The van der Waals surface area contributed by atoms with Gasteiger partial charge in [-0.3, -0.25) is 29.4 Å². The van der Waals surface area contributed by atoms with Crippen molar-refractivity contribution in [3.05, 3.63) is 58.7 Å². The second kappa shape index (κ2) is 8.20. The van der Waals surface area contributed by atoms with Gasteiger partial charge in [0.25, 0.3) is 0 Å². The first-order chi connectivity index (χ1) is 16.7. The van der Waals surface area contributed by atoms with E-state index in [0.717, 1.165) is 16.7 Å². The maximum atomic E-state index is 13.8. The molecule has 0 aromatic heterocycles. The minimum Gasteiger partial charge on any atom is -0.497 e. The number of benzene rings is 2. The first-order valence-corrected chi connectivity index (χ1v) is 11.6. The van der Waals surface area contributed by atoms with Crippen LogP contribution >= 0.6 is 0 Å². The molecule has 2 aromatic carbocycles. The van der Waals surface area contributed by atoms with Crippen LogP contribution in [-0.2, 0) is 31.3 Å². The number of amides is 4. The summed E-state index contributed by atoms with van der Waals surface area (Å²) in [6, 6.07) is 10.4. The van der Waals surface area contributed by atoms with Gasteiger partial charge in [-0.1, -0.05) is 24.3 Å². The van der Waals surface area contributed by atoms with Crippen LogP contribution in [0.3, 0.4) is 0 Å². The first kappa shape index (κ1) is 23.0. The molecule has 9 heteroatoms. The van der Waals surface area contributed by atoms with Crippen molar-refractivity contribution in [1.82, 2.24) is 10.2 Å². The smallest absolute Gasteiger partial charge is 0.250 e. The molecule has 3 heterocycles. The van der Waals surface area contributed by atoms with Gasteiger partial charge in [0, 0.05) is 23.7 Å². The van der Waals surface area contributed by atoms with Crippen LogP contribution in [0.15, 0.2) is 36.4 Å². The minimum absolute atomic E-state index is 0.0400. The Morgan fingerprint density at radius 3 is 2.46 bits per heavy atom. The molecule has 4 atom stereocenters. The number of methoxy groups -OCH3 is 1. The van der Waals surface area contributed by atoms with E-state index in [1.165, 1.54) is 4.90 Å². The molecule has 2 aromatic rings. The van der Waals surface area contributed by atoms with Gasteiger partial charge >= 0.3 is 0 Å². The number of imide groups is 1. The van der Waals surface area contributed by atoms with Crippen LogP contribution in [0.5, 0.6) is 5.75 Å². The number of hydrogen-bond donors (Lipinski definition) is 3. The highest BCUT2D eigenvalue weighted by Gasteiger charge is 2.70. The number of primary amides is 1. The van der Waals surface area contributed by atoms with E-state index in [-0.39, 0.29) is 31.2 Å². The molecule has 0 radical (unpaired) electrons. The molecule has 35 heavy (non-hydrogen) atoms. The zero-order valence-corrected chi connectivity index (χ0v) is 19.9. The summed E-state index contributed by atoms with van der Waals surface area (Å²) in [6.45, 7) is 3.96. The number of nitrogens with zero attached hydrogens (tertiary/aromatic N) is 1. The maximum absolute atomic E-state index is 13.8. The van der Waals surface area contributed by atoms with Gasteiger partial charge in [-0.15, -0.1) is 0 Å². The lowest BCUT2D eigenvalue weighted by molar-refractivity contribution is -0.143. The molecule has 4 amide bonds. The van der Waals surface area contributed by atoms with Crippen molar-refractivity contribution in [1.29, 1.82) is 0 Å². The third kappa shape index (κ3) is 3.33. The van der Waals surface area contributed by atoms with E-state index in [0.29, 0.717) is 17.0 Å². The molecule has 2 fully saturated rings. The maximum Gasteiger partial charge on any atom is 0.250 e. The Kier molecular flexibility index (Phi) is 5.40. The van der Waals surface area contributed by atoms with Gasteiger partial charge in [0.2, 0.25) is 23.6 Å². The van der Waals surface area contributed by atoms with Gasteiger partial charge in [0.05, 0.1) is 25.5 Å². The second-order valence-electron chi connectivity index (χ2n) is 9.56. The van der Waals surface area contributed by atoms with E-state index in [2.05, 4.69) is 10.6 Å². The number of nitrogens with two attached hydrogens (primary N) is 1. The number of hydrogen-bond acceptors (Lipinski definition) is 6. The highest BCUT2D eigenvalue weighted by atomic mass is 16.5. The van der Waals surface area contributed by atoms with Crippen molar-refractivity contribution < 1.29 is 23.9 Å². The van der Waals surface area contributed by atoms with E-state index in [4.69, 9.17) is 10.5 Å². The Bertz CT molecular complexity index is 1260. The second-order valence-corrected chi connectivity index (χ2v) is 9.56. The number of nitrogens with one attached hydrogen (secondary N) is 2. The molecular formula is C26H28N4O5. The van der Waals surface area contributed by atoms with Gasteiger partial charge in [-0.05, 0) is 49.1 Å². The average Bonchev–Trinajstić information content (AvgIpc) is 3.41. The third-order valence-electron chi connectivity index (χ3n) is 7.71. The van der Waals surface area contributed by atoms with Gasteiger partial charge < -0.3 is 15.8 Å². The zero-order valence-electron chi connectivity index (χ0n) is 19.9. The van der Waals surface area contributed by atoms with Gasteiger partial charge in [0.1, 0.15) is 11.3 Å². The lowest BCUT2D eigenvalue weighted by Gasteiger charge is -2.29. The quantitative estimate of drug-likeness (QED) is 0.542. The average molecular weight is 477 g/mol. The Morgan fingerprint density at radius 1 is 1.09 bits per heavy atom. The predicted molar refractivity (Wildman–Crippen MR) is 127 cm³/mol. The molecule has 0 saturated carbocycles. The number of fused-ring (bicyclic) bond motifs is 4. The monoisotopic (exact) mass is 476 g/mol. The summed E-state index contributed by atoms with van der Waals surface area (Å²) in [4.78, 5) is 53.9. The van der Waals surface area contributed by atoms with E-state index in [1.54, 1.807) is 31.4 Å². The number of aryl methyl sites for hydroxylation is 1. The summed E-state index contributed by atoms with van der Waals surface area (Å²) >= 11 is 0. The number of carbonyl (C=O) groups excluding carboxylic acids is 4. The Labute approximate surface area is 203 Å². The van der Waals surface area contributed by atoms with E-state index in [1.807, 2.05) is 26.0 Å². The van der Waals surface area contributed by atoms with Crippen molar-refractivity contribution in [2.45, 2.75) is 44.8 Å². The topological polar surface area (TPSA) is 131 Å². The molecule has 1 spiro atoms. The largest absolute Gasteiger partial charge is 0.497 e. The number of anilines is 1. The minimum atomic E-state index is -1.39. The van der Waals surface area contributed by atoms with E-state index >= 15 is 0 Å². The molecule has 9 nitrogen and oxygen atoms in total. The molecule has 0 unspecified atom stereocenters. The number of likely N-dealkylation sites (tertiary alicyclic amines) is 1. The zero-order chi connectivity index (χ0) is 25.1. The summed E-state index contributed by atoms with van der Waals surface area (Å²) in [5.41, 5.74) is 8.03. The van der Waals surface area contributed by atoms with Crippen LogP contribution < -0.4 is 21.1 Å². The fourth-order valence-corrected chi connectivity index (χ4v) is 5.79. The van der Waals surface area contributed by atoms with E-state index < -0.39 is 35.2 Å². The number of carbonyl (C=O) groups is 4. The fourth-order valence-electron chi connectivity index (χ4n) is 5.79. The standard InChI is InChI=1S/C26H28N4O5/c1-13-4-9-17-22(14(13)2)28-25(34)26(17)21-20(18(29-26)10-11-19(27)31)23(32)30(24(21)33)12-15-5-7-16(35-3)8-6-15/h4-9,18,20-21,29H,10-12H2,1-3H3,(H2,27,31)(H,28,34)/t18-,20-,21-,26+/m1/s1. The third-order valence-corrected chi connectivity index (χ3v) is 7.71. The van der Waals surface area contributed by atoms with Crippen LogP contribution in [0.4, 0.5) is 5.69 Å². The summed E-state index contributed by atoms with van der Waals surface area (Å²) < 4.78 is 5.19. The molecular weight excluding hydrogens is 448 g/mol. The molecule has 5 rings (SSSR count). The summed E-state index contributed by atoms with van der Waals surface area (Å²) in [6.07, 6.45) is 0.291. The van der Waals surface area contributed by atoms with Crippen LogP contribution in [0, 0.1) is 25.7 Å². The van der Waals surface area contributed by atoms with E-state index in [9.17, 15) is 19.2 Å². The lowest BCUT2D eigenvalue weighted by atomic mass is 9.76. The van der Waals surface area contributed by atoms with Crippen molar-refractivity contribution in [2.24, 2.45) is 17.6 Å². The molecule has 0 bridgehead atoms. The Hall–Kier alpha value is -3.72. The number of rotatable bonds is 6. The molecule has 4 N–H and O–H groups in total. The van der Waals surface area contributed by atoms with Crippen molar-refractivity contribution in [2.75, 3.05) is 12.4 Å². The van der Waals surface area contributed by atoms with Crippen molar-refractivity contribution >= 4 is 29.3 Å². The van der Waals surface area contributed by atoms with Gasteiger partial charge in [-0.25, -0.2) is 0 Å². The SMILES string of the molecule is COc1ccc(CN2C(=O)[C@@H]3[C@@H](CCC(N)=O)N[C@]4(C(=O)Nc5c4ccc(C)c5C)[C@H]3C2=O)cc1. The Morgan fingerprint density at radius 2 is 1.80 bits per heavy atom. The first-order valence-electron chi connectivity index (χ1n) is 11.6. The van der Waals surface area contributed by atoms with Crippen LogP contribution in [0.2, 0.25) is 0 Å². The fraction of sp³-hybridized carbons (Fsp3) is 0.385. The van der Waals surface area contributed by atoms with Gasteiger partial charge in [0.15, 0.2) is 0 Å². The Balaban J connectivity index is 1.57. The summed E-state index contributed by atoms with van der Waals surface area (Å²) in [7, 11) is 1.57. The molecule has 2 saturated heterocycles. The highest BCUT2D eigenvalue weighted by Crippen LogP contribution is 2.54. The van der Waals surface area contributed by atoms with Crippen molar-refractivity contribution in [3.63, 3.8) is 0 Å². The lowest BCUT2D eigenvalue weighted by Crippen LogP contribution is -2.53. The summed E-state index contributed by atoms with van der Waals surface area (Å²) in [5, 5.41) is 6.29. The predicted octanol–water partition coefficient (Wildman–Crippen LogP) is 1.50. The van der Waals surface area contributed by atoms with Crippen LogP contribution in [0.1, 0.15) is 35.1 Å². The highest BCUT2D eigenvalue weighted by molar-refractivity contribution is 6.15. The van der Waals surface area contributed by atoms with Crippen LogP contribution in [-0.4, -0.2) is 41.7 Å². The molecule has 3 aliphatic heterocycles. The normalized spacial score (nSPS) is 26.8. The van der Waals surface area contributed by atoms with Crippen molar-refractivity contribution in [3.8, 4) is 5.75 Å². The van der Waals surface area contributed by atoms with Gasteiger partial charge in [-0.2, -0.15) is 0 Å². The summed E-state index contributed by atoms with van der Waals surface area (Å²) in [5.74, 6) is -2.63. The molecule has 3 aliphatic rings.